The van der Waals surface area contributed by atoms with Gasteiger partial charge in [-0.15, -0.1) is 0 Å². The van der Waals surface area contributed by atoms with Crippen LogP contribution in [0.3, 0.4) is 0 Å². The van der Waals surface area contributed by atoms with E-state index in [1.807, 2.05) is 0 Å². The number of rotatable bonds is 5. The minimum atomic E-state index is -0.321. The molecule has 0 atom stereocenters. The number of hydrogen-bond donors (Lipinski definition) is 1. The summed E-state index contributed by atoms with van der Waals surface area (Å²) in [5, 5.41) is 2.88. The van der Waals surface area contributed by atoms with Gasteiger partial charge in [0.15, 0.2) is 0 Å². The van der Waals surface area contributed by atoms with Gasteiger partial charge in [-0.2, -0.15) is 0 Å². The summed E-state index contributed by atoms with van der Waals surface area (Å²) in [4.78, 5) is 26.4. The van der Waals surface area contributed by atoms with Crippen LogP contribution in [0.4, 0.5) is 8.78 Å². The third-order valence-corrected chi connectivity index (χ3v) is 4.87. The molecular formula is C21H22F2N2O2. The second-order valence-electron chi connectivity index (χ2n) is 6.80. The molecule has 142 valence electrons. The number of piperidine rings is 1. The average molecular weight is 372 g/mol. The lowest BCUT2D eigenvalue weighted by Gasteiger charge is -2.31. The Kier molecular flexibility index (Phi) is 6.16. The van der Waals surface area contributed by atoms with Crippen molar-refractivity contribution in [3.8, 4) is 0 Å². The van der Waals surface area contributed by atoms with Gasteiger partial charge in [-0.3, -0.25) is 9.59 Å². The summed E-state index contributed by atoms with van der Waals surface area (Å²) < 4.78 is 25.8. The number of amides is 2. The van der Waals surface area contributed by atoms with Crippen LogP contribution in [-0.4, -0.2) is 29.8 Å². The van der Waals surface area contributed by atoms with Crippen LogP contribution in [0, 0.1) is 17.6 Å². The van der Waals surface area contributed by atoms with Gasteiger partial charge in [0.25, 0.3) is 0 Å². The number of carbonyl (C=O) groups excluding carboxylic acids is 2. The van der Waals surface area contributed by atoms with E-state index >= 15 is 0 Å². The Morgan fingerprint density at radius 1 is 0.889 bits per heavy atom. The Balaban J connectivity index is 1.43. The summed E-state index contributed by atoms with van der Waals surface area (Å²) >= 11 is 0. The van der Waals surface area contributed by atoms with Gasteiger partial charge in [-0.1, -0.05) is 24.3 Å². The van der Waals surface area contributed by atoms with Gasteiger partial charge >= 0.3 is 0 Å². The fourth-order valence-corrected chi connectivity index (χ4v) is 3.22. The van der Waals surface area contributed by atoms with E-state index < -0.39 is 0 Å². The molecular weight excluding hydrogens is 350 g/mol. The molecule has 0 saturated carbocycles. The first-order valence-electron chi connectivity index (χ1n) is 9.05. The molecule has 4 nitrogen and oxygen atoms in total. The largest absolute Gasteiger partial charge is 0.352 e. The Labute approximate surface area is 157 Å². The number of benzene rings is 2. The highest BCUT2D eigenvalue weighted by Gasteiger charge is 2.27. The highest BCUT2D eigenvalue weighted by atomic mass is 19.1. The lowest BCUT2D eigenvalue weighted by atomic mass is 9.95. The Morgan fingerprint density at radius 2 is 1.41 bits per heavy atom. The maximum Gasteiger partial charge on any atom is 0.226 e. The van der Waals surface area contributed by atoms with Crippen LogP contribution < -0.4 is 5.32 Å². The van der Waals surface area contributed by atoms with Crippen LogP contribution in [0.5, 0.6) is 0 Å². The van der Waals surface area contributed by atoms with Crippen molar-refractivity contribution >= 4 is 11.8 Å². The number of hydrogen-bond acceptors (Lipinski definition) is 2. The van der Waals surface area contributed by atoms with Crippen molar-refractivity contribution in [1.29, 1.82) is 0 Å². The number of nitrogens with zero attached hydrogens (tertiary/aromatic N) is 1. The summed E-state index contributed by atoms with van der Waals surface area (Å²) in [5.74, 6) is -0.793. The summed E-state index contributed by atoms with van der Waals surface area (Å²) in [6, 6.07) is 11.9. The lowest BCUT2D eigenvalue weighted by molar-refractivity contribution is -0.135. The minimum absolute atomic E-state index is 0.00761. The molecule has 3 rings (SSSR count). The lowest BCUT2D eigenvalue weighted by Crippen LogP contribution is -2.43. The summed E-state index contributed by atoms with van der Waals surface area (Å²) in [7, 11) is 0. The van der Waals surface area contributed by atoms with Crippen molar-refractivity contribution in [3.05, 3.63) is 71.3 Å². The number of carbonyl (C=O) groups is 2. The third-order valence-electron chi connectivity index (χ3n) is 4.87. The van der Waals surface area contributed by atoms with Crippen LogP contribution in [-0.2, 0) is 22.6 Å². The fraction of sp³-hybridized carbons (Fsp3) is 0.333. The van der Waals surface area contributed by atoms with Crippen molar-refractivity contribution in [2.24, 2.45) is 5.92 Å². The Morgan fingerprint density at radius 3 is 1.96 bits per heavy atom. The first-order valence-corrected chi connectivity index (χ1v) is 9.05. The molecule has 0 bridgehead atoms. The van der Waals surface area contributed by atoms with Crippen LogP contribution in [0.25, 0.3) is 0 Å². The molecule has 1 saturated heterocycles. The monoisotopic (exact) mass is 372 g/mol. The zero-order valence-electron chi connectivity index (χ0n) is 15.0. The van der Waals surface area contributed by atoms with E-state index in [1.165, 1.54) is 24.3 Å². The van der Waals surface area contributed by atoms with Gasteiger partial charge in [0, 0.05) is 25.6 Å². The van der Waals surface area contributed by atoms with Crippen molar-refractivity contribution in [2.75, 3.05) is 13.1 Å². The minimum Gasteiger partial charge on any atom is -0.352 e. The molecule has 0 spiro atoms. The number of nitrogens with one attached hydrogen (secondary N) is 1. The molecule has 1 N–H and O–H groups in total. The predicted octanol–water partition coefficient (Wildman–Crippen LogP) is 3.06. The molecule has 0 radical (unpaired) electrons. The van der Waals surface area contributed by atoms with Crippen LogP contribution in [0.1, 0.15) is 24.0 Å². The summed E-state index contributed by atoms with van der Waals surface area (Å²) in [6.45, 7) is 1.44. The average Bonchev–Trinajstić information content (AvgIpc) is 2.69. The zero-order chi connectivity index (χ0) is 19.2. The first-order chi connectivity index (χ1) is 13.0. The molecule has 1 fully saturated rings. The SMILES string of the molecule is O=C(NCc1ccc(F)cc1)C1CCN(C(=O)Cc2ccc(F)cc2)CC1. The second-order valence-corrected chi connectivity index (χ2v) is 6.80. The maximum absolute atomic E-state index is 12.9. The number of halogens is 2. The molecule has 1 aliphatic rings. The highest BCUT2D eigenvalue weighted by molar-refractivity contribution is 5.81. The molecule has 1 aliphatic heterocycles. The summed E-state index contributed by atoms with van der Waals surface area (Å²) in [6.07, 6.45) is 1.47. The Hall–Kier alpha value is -2.76. The van der Waals surface area contributed by atoms with Crippen molar-refractivity contribution in [3.63, 3.8) is 0 Å². The van der Waals surface area contributed by atoms with Gasteiger partial charge in [-0.05, 0) is 48.2 Å². The van der Waals surface area contributed by atoms with Crippen LogP contribution in [0.15, 0.2) is 48.5 Å². The molecule has 0 aromatic heterocycles. The molecule has 2 aromatic rings. The molecule has 0 aliphatic carbocycles. The van der Waals surface area contributed by atoms with Gasteiger partial charge in [-0.25, -0.2) is 8.78 Å². The molecule has 2 amide bonds. The molecule has 1 heterocycles. The molecule has 27 heavy (non-hydrogen) atoms. The predicted molar refractivity (Wildman–Crippen MR) is 97.7 cm³/mol. The molecule has 6 heteroatoms. The van der Waals surface area contributed by atoms with Gasteiger partial charge in [0.1, 0.15) is 11.6 Å². The zero-order valence-corrected chi connectivity index (χ0v) is 15.0. The first kappa shape index (κ1) is 19.0. The van der Waals surface area contributed by atoms with Crippen molar-refractivity contribution in [2.45, 2.75) is 25.8 Å². The topological polar surface area (TPSA) is 49.4 Å². The van der Waals surface area contributed by atoms with Gasteiger partial charge in [0.05, 0.1) is 6.42 Å². The third kappa shape index (κ3) is 5.36. The molecule has 2 aromatic carbocycles. The van der Waals surface area contributed by atoms with Crippen molar-refractivity contribution in [1.82, 2.24) is 10.2 Å². The fourth-order valence-electron chi connectivity index (χ4n) is 3.22. The maximum atomic E-state index is 12.9. The van der Waals surface area contributed by atoms with Crippen LogP contribution in [0.2, 0.25) is 0 Å². The van der Waals surface area contributed by atoms with E-state index in [0.717, 1.165) is 11.1 Å². The Bertz CT molecular complexity index is 783. The smallest absolute Gasteiger partial charge is 0.226 e. The van der Waals surface area contributed by atoms with E-state index in [4.69, 9.17) is 0 Å². The van der Waals surface area contributed by atoms with E-state index in [0.29, 0.717) is 32.5 Å². The summed E-state index contributed by atoms with van der Waals surface area (Å²) in [5.41, 5.74) is 1.62. The highest BCUT2D eigenvalue weighted by Crippen LogP contribution is 2.19. The van der Waals surface area contributed by atoms with E-state index in [1.54, 1.807) is 29.2 Å². The normalized spacial score (nSPS) is 14.8. The van der Waals surface area contributed by atoms with Crippen molar-refractivity contribution < 1.29 is 18.4 Å². The quantitative estimate of drug-likeness (QED) is 0.877. The molecule has 0 unspecified atom stereocenters. The van der Waals surface area contributed by atoms with E-state index in [9.17, 15) is 18.4 Å². The number of likely N-dealkylation sites (tertiary alicyclic amines) is 1. The van der Waals surface area contributed by atoms with E-state index in [2.05, 4.69) is 5.32 Å². The standard InChI is InChI=1S/C21H22F2N2O2/c22-18-5-1-15(2-6-18)13-20(26)25-11-9-17(10-12-25)21(27)24-14-16-3-7-19(23)8-4-16/h1-8,17H,9-14H2,(H,24,27). The van der Waals surface area contributed by atoms with Crippen LogP contribution >= 0.6 is 0 Å². The van der Waals surface area contributed by atoms with Gasteiger partial charge in [0.2, 0.25) is 11.8 Å². The van der Waals surface area contributed by atoms with E-state index in [-0.39, 0.29) is 35.8 Å². The van der Waals surface area contributed by atoms with Gasteiger partial charge < -0.3 is 10.2 Å². The second kappa shape index (κ2) is 8.75.